The molecule has 1 N–H and O–H groups in total. The molecule has 3 heterocycles. The average Bonchev–Trinajstić information content (AvgIpc) is 3.06. The Morgan fingerprint density at radius 3 is 2.59 bits per heavy atom. The van der Waals surface area contributed by atoms with Crippen molar-refractivity contribution in [2.75, 3.05) is 25.1 Å². The number of piperidine rings is 1. The third-order valence-electron chi connectivity index (χ3n) is 5.60. The van der Waals surface area contributed by atoms with Gasteiger partial charge >= 0.3 is 0 Å². The number of anilines is 1. The van der Waals surface area contributed by atoms with E-state index in [1.807, 2.05) is 25.1 Å². The highest BCUT2D eigenvalue weighted by Crippen LogP contribution is 2.27. The molecule has 3 aromatic rings. The van der Waals surface area contributed by atoms with Crippen LogP contribution in [0.2, 0.25) is 0 Å². The predicted octanol–water partition coefficient (Wildman–Crippen LogP) is 2.99. The number of fused-ring (bicyclic) bond motifs is 1. The third kappa shape index (κ3) is 3.90. The fourth-order valence-corrected chi connectivity index (χ4v) is 3.99. The quantitative estimate of drug-likeness (QED) is 0.738. The smallest absolute Gasteiger partial charge is 0.269 e. The predicted molar refractivity (Wildman–Crippen MR) is 114 cm³/mol. The van der Waals surface area contributed by atoms with Crippen LogP contribution in [0.25, 0.3) is 10.9 Å². The first-order chi connectivity index (χ1) is 13.9. The van der Waals surface area contributed by atoms with Gasteiger partial charge in [-0.25, -0.2) is 4.98 Å². The molecule has 1 aromatic carbocycles. The Labute approximate surface area is 170 Å². The van der Waals surface area contributed by atoms with Gasteiger partial charge in [0.05, 0.1) is 18.3 Å². The SMILES string of the molecule is COc1ccc2c(C)cc(N3CCC(NC(=O)c4cc(C)nn4C)CC3)nc2c1. The zero-order valence-electron chi connectivity index (χ0n) is 17.4. The molecule has 0 bridgehead atoms. The molecular weight excluding hydrogens is 366 g/mol. The van der Waals surface area contributed by atoms with Gasteiger partial charge in [-0.05, 0) is 56.5 Å². The second kappa shape index (κ2) is 7.73. The Kier molecular flexibility index (Phi) is 5.13. The number of amides is 1. The minimum atomic E-state index is -0.0571. The molecule has 4 rings (SSSR count). The maximum absolute atomic E-state index is 12.5. The normalized spacial score (nSPS) is 15.0. The van der Waals surface area contributed by atoms with E-state index in [0.29, 0.717) is 5.69 Å². The van der Waals surface area contributed by atoms with Gasteiger partial charge in [0.1, 0.15) is 17.3 Å². The minimum absolute atomic E-state index is 0.0571. The van der Waals surface area contributed by atoms with Gasteiger partial charge in [0, 0.05) is 37.6 Å². The summed E-state index contributed by atoms with van der Waals surface area (Å²) in [5.74, 6) is 1.74. The van der Waals surface area contributed by atoms with E-state index >= 15 is 0 Å². The number of methoxy groups -OCH3 is 1. The minimum Gasteiger partial charge on any atom is -0.497 e. The van der Waals surface area contributed by atoms with E-state index in [9.17, 15) is 4.79 Å². The summed E-state index contributed by atoms with van der Waals surface area (Å²) < 4.78 is 6.98. The zero-order chi connectivity index (χ0) is 20.5. The number of benzene rings is 1. The van der Waals surface area contributed by atoms with Crippen LogP contribution in [0.15, 0.2) is 30.3 Å². The van der Waals surface area contributed by atoms with E-state index in [4.69, 9.17) is 9.72 Å². The van der Waals surface area contributed by atoms with Crippen LogP contribution in [0, 0.1) is 13.8 Å². The molecule has 0 unspecified atom stereocenters. The van der Waals surface area contributed by atoms with Gasteiger partial charge in [0.2, 0.25) is 0 Å². The van der Waals surface area contributed by atoms with Crippen molar-refractivity contribution in [3.63, 3.8) is 0 Å². The highest BCUT2D eigenvalue weighted by atomic mass is 16.5. The molecule has 0 saturated carbocycles. The van der Waals surface area contributed by atoms with E-state index < -0.39 is 0 Å². The number of carbonyl (C=O) groups is 1. The van der Waals surface area contributed by atoms with Crippen molar-refractivity contribution in [3.8, 4) is 5.75 Å². The zero-order valence-corrected chi connectivity index (χ0v) is 17.4. The molecule has 1 saturated heterocycles. The van der Waals surface area contributed by atoms with E-state index in [1.54, 1.807) is 18.8 Å². The maximum atomic E-state index is 12.5. The van der Waals surface area contributed by atoms with Crippen molar-refractivity contribution in [2.24, 2.45) is 7.05 Å². The molecular formula is C22H27N5O2. The van der Waals surface area contributed by atoms with Crippen LogP contribution < -0.4 is 15.0 Å². The standard InChI is InChI=1S/C22H27N5O2/c1-14-11-21(24-19-13-17(29-4)5-6-18(14)19)27-9-7-16(8-10-27)23-22(28)20-12-15(2)25-26(20)3/h5-6,11-13,16H,7-10H2,1-4H3,(H,23,28). The molecule has 7 heteroatoms. The van der Waals surface area contributed by atoms with Crippen LogP contribution in [0.3, 0.4) is 0 Å². The van der Waals surface area contributed by atoms with Crippen molar-refractivity contribution in [1.82, 2.24) is 20.1 Å². The lowest BCUT2D eigenvalue weighted by molar-refractivity contribution is 0.0921. The van der Waals surface area contributed by atoms with Crippen LogP contribution in [-0.4, -0.2) is 46.9 Å². The Bertz CT molecular complexity index is 1050. The highest BCUT2D eigenvalue weighted by molar-refractivity contribution is 5.92. The summed E-state index contributed by atoms with van der Waals surface area (Å²) in [5, 5.41) is 8.55. The molecule has 7 nitrogen and oxygen atoms in total. The number of nitrogens with one attached hydrogen (secondary N) is 1. The van der Waals surface area contributed by atoms with Crippen molar-refractivity contribution >= 4 is 22.6 Å². The summed E-state index contributed by atoms with van der Waals surface area (Å²) in [6.07, 6.45) is 1.78. The van der Waals surface area contributed by atoms with Crippen molar-refractivity contribution in [3.05, 3.63) is 47.3 Å². The number of ether oxygens (including phenoxy) is 1. The lowest BCUT2D eigenvalue weighted by atomic mass is 10.0. The molecule has 0 radical (unpaired) electrons. The van der Waals surface area contributed by atoms with Gasteiger partial charge in [-0.1, -0.05) is 0 Å². The first-order valence-electron chi connectivity index (χ1n) is 9.96. The molecule has 152 valence electrons. The van der Waals surface area contributed by atoms with E-state index in [2.05, 4.69) is 34.4 Å². The highest BCUT2D eigenvalue weighted by Gasteiger charge is 2.23. The fourth-order valence-electron chi connectivity index (χ4n) is 3.99. The number of aryl methyl sites for hydroxylation is 3. The molecule has 0 spiro atoms. The van der Waals surface area contributed by atoms with Gasteiger partial charge in [0.15, 0.2) is 0 Å². The second-order valence-electron chi connectivity index (χ2n) is 7.71. The number of pyridine rings is 1. The van der Waals surface area contributed by atoms with Crippen LogP contribution in [0.4, 0.5) is 5.82 Å². The summed E-state index contributed by atoms with van der Waals surface area (Å²) in [6.45, 7) is 5.72. The van der Waals surface area contributed by atoms with Crippen molar-refractivity contribution in [2.45, 2.75) is 32.7 Å². The van der Waals surface area contributed by atoms with Gasteiger partial charge in [0.25, 0.3) is 5.91 Å². The Morgan fingerprint density at radius 2 is 1.93 bits per heavy atom. The van der Waals surface area contributed by atoms with Gasteiger partial charge in [-0.2, -0.15) is 5.10 Å². The summed E-state index contributed by atoms with van der Waals surface area (Å²) in [7, 11) is 3.47. The summed E-state index contributed by atoms with van der Waals surface area (Å²) in [6, 6.07) is 10.1. The first kappa shape index (κ1) is 19.2. The molecule has 2 aromatic heterocycles. The average molecular weight is 393 g/mol. The van der Waals surface area contributed by atoms with Gasteiger partial charge < -0.3 is 15.0 Å². The molecule has 0 atom stereocenters. The topological polar surface area (TPSA) is 72.3 Å². The number of rotatable bonds is 4. The van der Waals surface area contributed by atoms with Gasteiger partial charge in [-0.15, -0.1) is 0 Å². The number of nitrogens with zero attached hydrogens (tertiary/aromatic N) is 4. The molecule has 29 heavy (non-hydrogen) atoms. The Balaban J connectivity index is 1.44. The van der Waals surface area contributed by atoms with Crippen LogP contribution >= 0.6 is 0 Å². The number of aromatic nitrogens is 3. The first-order valence-corrected chi connectivity index (χ1v) is 9.96. The van der Waals surface area contributed by atoms with Crippen LogP contribution in [-0.2, 0) is 7.05 Å². The second-order valence-corrected chi connectivity index (χ2v) is 7.71. The fraction of sp³-hybridized carbons (Fsp3) is 0.409. The lowest BCUT2D eigenvalue weighted by Crippen LogP contribution is -2.45. The largest absolute Gasteiger partial charge is 0.497 e. The number of hydrogen-bond donors (Lipinski definition) is 1. The third-order valence-corrected chi connectivity index (χ3v) is 5.60. The Hall–Kier alpha value is -3.09. The molecule has 1 amide bonds. The summed E-state index contributed by atoms with van der Waals surface area (Å²) >= 11 is 0. The van der Waals surface area contributed by atoms with Crippen LogP contribution in [0.5, 0.6) is 5.75 Å². The lowest BCUT2D eigenvalue weighted by Gasteiger charge is -2.33. The molecule has 0 aliphatic carbocycles. The monoisotopic (exact) mass is 393 g/mol. The van der Waals surface area contributed by atoms with Crippen molar-refractivity contribution in [1.29, 1.82) is 0 Å². The maximum Gasteiger partial charge on any atom is 0.269 e. The van der Waals surface area contributed by atoms with E-state index in [0.717, 1.165) is 54.1 Å². The molecule has 1 aliphatic rings. The summed E-state index contributed by atoms with van der Waals surface area (Å²) in [4.78, 5) is 19.7. The number of hydrogen-bond acceptors (Lipinski definition) is 5. The van der Waals surface area contributed by atoms with Gasteiger partial charge in [-0.3, -0.25) is 9.48 Å². The number of carbonyl (C=O) groups excluding carboxylic acids is 1. The summed E-state index contributed by atoms with van der Waals surface area (Å²) in [5.41, 5.74) is 3.60. The Morgan fingerprint density at radius 1 is 1.17 bits per heavy atom. The van der Waals surface area contributed by atoms with Crippen molar-refractivity contribution < 1.29 is 9.53 Å². The molecule has 1 aliphatic heterocycles. The van der Waals surface area contributed by atoms with E-state index in [-0.39, 0.29) is 11.9 Å². The molecule has 1 fully saturated rings. The van der Waals surface area contributed by atoms with Crippen LogP contribution in [0.1, 0.15) is 34.6 Å². The van der Waals surface area contributed by atoms with E-state index in [1.165, 1.54) is 5.56 Å².